The maximum Gasteiger partial charge on any atom is 0.0956 e. The Morgan fingerprint density at radius 2 is 2.00 bits per heavy atom. The normalized spacial score (nSPS) is 12.5. The van der Waals surface area contributed by atoms with E-state index in [0.717, 1.165) is 5.69 Å². The monoisotopic (exact) mass is 212 g/mol. The minimum atomic E-state index is 0.0644. The highest BCUT2D eigenvalue weighted by Crippen LogP contribution is 2.33. The Morgan fingerprint density at radius 1 is 1.43 bits per heavy atom. The SMILES string of the molecule is Cc1nc(C(C)C)sc1C(C)(C)CN. The van der Waals surface area contributed by atoms with E-state index < -0.39 is 0 Å². The van der Waals surface area contributed by atoms with Crippen LogP contribution in [0.5, 0.6) is 0 Å². The van der Waals surface area contributed by atoms with Gasteiger partial charge in [-0.1, -0.05) is 27.7 Å². The molecule has 0 radical (unpaired) electrons. The molecule has 1 heterocycles. The quantitative estimate of drug-likeness (QED) is 0.836. The van der Waals surface area contributed by atoms with Crippen LogP contribution < -0.4 is 5.73 Å². The molecule has 2 nitrogen and oxygen atoms in total. The van der Waals surface area contributed by atoms with Gasteiger partial charge in [-0.15, -0.1) is 11.3 Å². The highest BCUT2D eigenvalue weighted by atomic mass is 32.1. The molecule has 0 saturated heterocycles. The van der Waals surface area contributed by atoms with Crippen LogP contribution in [0.1, 0.15) is 49.2 Å². The van der Waals surface area contributed by atoms with Gasteiger partial charge in [-0.2, -0.15) is 0 Å². The van der Waals surface area contributed by atoms with Crippen molar-refractivity contribution in [3.05, 3.63) is 15.6 Å². The largest absolute Gasteiger partial charge is 0.330 e. The summed E-state index contributed by atoms with van der Waals surface area (Å²) in [7, 11) is 0. The Kier molecular flexibility index (Phi) is 3.32. The van der Waals surface area contributed by atoms with Crippen LogP contribution in [0, 0.1) is 6.92 Å². The summed E-state index contributed by atoms with van der Waals surface area (Å²) in [5.74, 6) is 0.515. The Bertz CT molecular complexity index is 313. The molecule has 0 spiro atoms. The van der Waals surface area contributed by atoms with Gasteiger partial charge in [0, 0.05) is 22.8 Å². The fourth-order valence-electron chi connectivity index (χ4n) is 1.38. The van der Waals surface area contributed by atoms with Crippen LogP contribution in [0.3, 0.4) is 0 Å². The van der Waals surface area contributed by atoms with Gasteiger partial charge in [0.05, 0.1) is 10.7 Å². The molecular formula is C11H20N2S. The van der Waals surface area contributed by atoms with Crippen molar-refractivity contribution < 1.29 is 0 Å². The van der Waals surface area contributed by atoms with Crippen LogP contribution in [0.4, 0.5) is 0 Å². The number of nitrogens with two attached hydrogens (primary N) is 1. The number of hydrogen-bond donors (Lipinski definition) is 1. The molecule has 0 aliphatic rings. The van der Waals surface area contributed by atoms with E-state index in [0.29, 0.717) is 12.5 Å². The number of aromatic nitrogens is 1. The van der Waals surface area contributed by atoms with Gasteiger partial charge in [-0.25, -0.2) is 4.98 Å². The first-order chi connectivity index (χ1) is 6.38. The van der Waals surface area contributed by atoms with Gasteiger partial charge >= 0.3 is 0 Å². The summed E-state index contributed by atoms with van der Waals surface area (Å²) in [4.78, 5) is 5.92. The first kappa shape index (κ1) is 11.7. The van der Waals surface area contributed by atoms with Crippen molar-refractivity contribution in [2.75, 3.05) is 6.54 Å². The van der Waals surface area contributed by atoms with Gasteiger partial charge in [0.25, 0.3) is 0 Å². The molecule has 1 rings (SSSR count). The second-order valence-corrected chi connectivity index (χ2v) is 5.74. The van der Waals surface area contributed by atoms with Gasteiger partial charge in [-0.3, -0.25) is 0 Å². The molecule has 0 bridgehead atoms. The zero-order valence-corrected chi connectivity index (χ0v) is 10.5. The lowest BCUT2D eigenvalue weighted by Crippen LogP contribution is -2.27. The van der Waals surface area contributed by atoms with Gasteiger partial charge in [-0.05, 0) is 6.92 Å². The van der Waals surface area contributed by atoms with E-state index in [9.17, 15) is 0 Å². The van der Waals surface area contributed by atoms with Crippen molar-refractivity contribution in [1.29, 1.82) is 0 Å². The van der Waals surface area contributed by atoms with Crippen molar-refractivity contribution in [1.82, 2.24) is 4.98 Å². The average Bonchev–Trinajstić information content (AvgIpc) is 2.48. The summed E-state index contributed by atoms with van der Waals surface area (Å²) in [5.41, 5.74) is 6.98. The fourth-order valence-corrected chi connectivity index (χ4v) is 2.57. The number of hydrogen-bond acceptors (Lipinski definition) is 3. The number of nitrogens with zero attached hydrogens (tertiary/aromatic N) is 1. The van der Waals surface area contributed by atoms with Gasteiger partial charge in [0.1, 0.15) is 0 Å². The molecule has 3 heteroatoms. The van der Waals surface area contributed by atoms with E-state index in [1.54, 1.807) is 0 Å². The summed E-state index contributed by atoms with van der Waals surface area (Å²) in [6.45, 7) is 11.5. The molecule has 0 aromatic carbocycles. The van der Waals surface area contributed by atoms with E-state index in [2.05, 4.69) is 39.6 Å². The topological polar surface area (TPSA) is 38.9 Å². The van der Waals surface area contributed by atoms with Gasteiger partial charge < -0.3 is 5.73 Å². The molecule has 1 aromatic rings. The Morgan fingerprint density at radius 3 is 2.36 bits per heavy atom. The summed E-state index contributed by atoms with van der Waals surface area (Å²) in [5, 5.41) is 1.22. The lowest BCUT2D eigenvalue weighted by molar-refractivity contribution is 0.546. The Balaban J connectivity index is 3.10. The van der Waals surface area contributed by atoms with Crippen molar-refractivity contribution in [3.63, 3.8) is 0 Å². The zero-order chi connectivity index (χ0) is 10.9. The maximum absolute atomic E-state index is 5.77. The number of rotatable bonds is 3. The zero-order valence-electron chi connectivity index (χ0n) is 9.72. The second-order valence-electron chi connectivity index (χ2n) is 4.71. The van der Waals surface area contributed by atoms with Crippen LogP contribution in [-0.4, -0.2) is 11.5 Å². The Hall–Kier alpha value is -0.410. The van der Waals surface area contributed by atoms with Gasteiger partial charge in [0.15, 0.2) is 0 Å². The van der Waals surface area contributed by atoms with Crippen molar-refractivity contribution >= 4 is 11.3 Å². The third-order valence-corrected chi connectivity index (χ3v) is 4.26. The summed E-state index contributed by atoms with van der Waals surface area (Å²) < 4.78 is 0. The highest BCUT2D eigenvalue weighted by Gasteiger charge is 2.24. The van der Waals surface area contributed by atoms with E-state index in [1.807, 2.05) is 11.3 Å². The third kappa shape index (κ3) is 2.15. The summed E-state index contributed by atoms with van der Waals surface area (Å²) >= 11 is 1.81. The van der Waals surface area contributed by atoms with E-state index >= 15 is 0 Å². The number of aryl methyl sites for hydroxylation is 1. The lowest BCUT2D eigenvalue weighted by atomic mass is 9.91. The van der Waals surface area contributed by atoms with Crippen molar-refractivity contribution in [2.24, 2.45) is 5.73 Å². The van der Waals surface area contributed by atoms with Crippen LogP contribution >= 0.6 is 11.3 Å². The molecule has 0 amide bonds. The Labute approximate surface area is 90.6 Å². The molecule has 0 aliphatic heterocycles. The van der Waals surface area contributed by atoms with Crippen LogP contribution in [-0.2, 0) is 5.41 Å². The number of thiazole rings is 1. The lowest BCUT2D eigenvalue weighted by Gasteiger charge is -2.20. The van der Waals surface area contributed by atoms with E-state index in [-0.39, 0.29) is 5.41 Å². The molecule has 2 N–H and O–H groups in total. The minimum absolute atomic E-state index is 0.0644. The molecule has 14 heavy (non-hydrogen) atoms. The van der Waals surface area contributed by atoms with Gasteiger partial charge in [0.2, 0.25) is 0 Å². The minimum Gasteiger partial charge on any atom is -0.330 e. The predicted molar refractivity (Wildman–Crippen MR) is 63.0 cm³/mol. The molecular weight excluding hydrogens is 192 g/mol. The van der Waals surface area contributed by atoms with Crippen molar-refractivity contribution in [2.45, 2.75) is 46.0 Å². The standard InChI is InChI=1S/C11H20N2S/c1-7(2)10-13-8(3)9(14-10)11(4,5)6-12/h7H,6,12H2,1-5H3. The molecule has 0 fully saturated rings. The smallest absolute Gasteiger partial charge is 0.0956 e. The molecule has 0 saturated carbocycles. The third-order valence-electron chi connectivity index (χ3n) is 2.43. The first-order valence-corrected chi connectivity index (χ1v) is 5.88. The maximum atomic E-state index is 5.77. The molecule has 80 valence electrons. The van der Waals surface area contributed by atoms with Crippen LogP contribution in [0.15, 0.2) is 0 Å². The summed E-state index contributed by atoms with van der Waals surface area (Å²) in [6.07, 6.45) is 0. The molecule has 0 unspecified atom stereocenters. The highest BCUT2D eigenvalue weighted by molar-refractivity contribution is 7.12. The fraction of sp³-hybridized carbons (Fsp3) is 0.727. The van der Waals surface area contributed by atoms with E-state index in [1.165, 1.54) is 9.88 Å². The summed E-state index contributed by atoms with van der Waals surface area (Å²) in [6, 6.07) is 0. The molecule has 0 atom stereocenters. The van der Waals surface area contributed by atoms with Crippen LogP contribution in [0.25, 0.3) is 0 Å². The van der Waals surface area contributed by atoms with Crippen molar-refractivity contribution in [3.8, 4) is 0 Å². The first-order valence-electron chi connectivity index (χ1n) is 5.06. The molecule has 1 aromatic heterocycles. The average molecular weight is 212 g/mol. The molecule has 0 aliphatic carbocycles. The van der Waals surface area contributed by atoms with Crippen LogP contribution in [0.2, 0.25) is 0 Å². The second kappa shape index (κ2) is 3.99. The predicted octanol–water partition coefficient (Wildman–Crippen LogP) is 2.81. The van der Waals surface area contributed by atoms with E-state index in [4.69, 9.17) is 5.73 Å².